The van der Waals surface area contributed by atoms with E-state index in [0.29, 0.717) is 0 Å². The number of rotatable bonds is 8. The van der Waals surface area contributed by atoms with E-state index in [1.165, 1.54) is 0 Å². The molecular formula is C12H27LiNO9P. The Hall–Kier alpha value is -0.593. The molecule has 0 aromatic carbocycles. The maximum absolute atomic E-state index is 12.3. The molecule has 0 aromatic heterocycles. The van der Waals surface area contributed by atoms with E-state index in [9.17, 15) is 14.2 Å². The van der Waals surface area contributed by atoms with E-state index < -0.39 is 37.5 Å². The maximum Gasteiger partial charge on any atom is 1.00 e. The Labute approximate surface area is 153 Å². The van der Waals surface area contributed by atoms with Gasteiger partial charge >= 0.3 is 38.5 Å². The number of nitrogens with one attached hydrogen (secondary N) is 1. The van der Waals surface area contributed by atoms with E-state index >= 15 is 0 Å². The summed E-state index contributed by atoms with van der Waals surface area (Å²) in [4.78, 5) is 22.8. The third-order valence-electron chi connectivity index (χ3n) is 2.05. The SMILES string of the molecule is CCOP(=O)(C[C@H](NC(=O)OC(C)(C)C)C(=O)O)OCC.O.[Li+].[OH-]. The fraction of sp³-hybridized carbons (Fsp3) is 0.833. The van der Waals surface area contributed by atoms with Gasteiger partial charge in [0, 0.05) is 0 Å². The first-order valence-electron chi connectivity index (χ1n) is 6.63. The summed E-state index contributed by atoms with van der Waals surface area (Å²) in [6.07, 6.45) is -1.38. The number of amides is 1. The second-order valence-electron chi connectivity index (χ2n) is 5.17. The van der Waals surface area contributed by atoms with E-state index in [1.54, 1.807) is 34.6 Å². The van der Waals surface area contributed by atoms with Gasteiger partial charge in [-0.2, -0.15) is 0 Å². The molecular weight excluding hydrogens is 340 g/mol. The van der Waals surface area contributed by atoms with Gasteiger partial charge in [-0.1, -0.05) is 0 Å². The van der Waals surface area contributed by atoms with Gasteiger partial charge in [-0.05, 0) is 34.6 Å². The first kappa shape index (κ1) is 31.2. The average molecular weight is 367 g/mol. The van der Waals surface area contributed by atoms with Crippen LogP contribution in [0.4, 0.5) is 4.79 Å². The van der Waals surface area contributed by atoms with Crippen molar-refractivity contribution in [1.82, 2.24) is 5.32 Å². The number of hydrogen-bond donors (Lipinski definition) is 2. The van der Waals surface area contributed by atoms with Crippen molar-refractivity contribution in [2.45, 2.75) is 46.3 Å². The largest absolute Gasteiger partial charge is 1.00 e. The zero-order valence-electron chi connectivity index (χ0n) is 15.0. The zero-order valence-corrected chi connectivity index (χ0v) is 15.9. The Morgan fingerprint density at radius 1 is 1.17 bits per heavy atom. The van der Waals surface area contributed by atoms with E-state index in [1.807, 2.05) is 0 Å². The number of ether oxygens (including phenoxy) is 1. The van der Waals surface area contributed by atoms with Crippen molar-refractivity contribution in [2.75, 3.05) is 19.4 Å². The number of alkyl carbamates (subject to hydrolysis) is 1. The summed E-state index contributed by atoms with van der Waals surface area (Å²) in [5.74, 6) is -1.35. The summed E-state index contributed by atoms with van der Waals surface area (Å²) in [7, 11) is -3.59. The van der Waals surface area contributed by atoms with Gasteiger partial charge in [-0.25, -0.2) is 9.59 Å². The summed E-state index contributed by atoms with van der Waals surface area (Å²) in [5.41, 5.74) is -0.767. The molecule has 0 aromatic rings. The van der Waals surface area contributed by atoms with E-state index in [0.717, 1.165) is 0 Å². The van der Waals surface area contributed by atoms with Crippen molar-refractivity contribution in [2.24, 2.45) is 0 Å². The summed E-state index contributed by atoms with van der Waals surface area (Å²) >= 11 is 0. The molecule has 24 heavy (non-hydrogen) atoms. The van der Waals surface area contributed by atoms with Gasteiger partial charge in [-0.3, -0.25) is 4.57 Å². The van der Waals surface area contributed by atoms with Crippen LogP contribution >= 0.6 is 7.60 Å². The normalized spacial score (nSPS) is 11.9. The summed E-state index contributed by atoms with van der Waals surface area (Å²) in [5, 5.41) is 11.3. The first-order chi connectivity index (χ1) is 9.53. The monoisotopic (exact) mass is 367 g/mol. The van der Waals surface area contributed by atoms with Gasteiger partial charge in [0.05, 0.1) is 19.4 Å². The fourth-order valence-electron chi connectivity index (χ4n) is 1.39. The third kappa shape index (κ3) is 13.8. The molecule has 1 atom stereocenters. The number of carbonyl (C=O) groups excluding carboxylic acids is 1. The molecule has 5 N–H and O–H groups in total. The van der Waals surface area contributed by atoms with Crippen LogP contribution in [0.2, 0.25) is 0 Å². The van der Waals surface area contributed by atoms with Crippen molar-refractivity contribution in [3.05, 3.63) is 0 Å². The standard InChI is InChI=1S/C12H24NO7P.Li.2H2O/c1-6-18-21(17,19-7-2)8-9(10(14)15)13-11(16)20-12(3,4)5;;;/h9H,6-8H2,1-5H3,(H,13,16)(H,14,15);;2*1H2/q;+1;;/p-1/t9-;;;/m0.../s1. The van der Waals surface area contributed by atoms with Gasteiger partial charge in [0.2, 0.25) is 0 Å². The molecule has 12 heteroatoms. The van der Waals surface area contributed by atoms with Crippen LogP contribution in [0.15, 0.2) is 0 Å². The Morgan fingerprint density at radius 3 is 1.88 bits per heavy atom. The minimum atomic E-state index is -3.59. The smallest absolute Gasteiger partial charge is 0.870 e. The minimum Gasteiger partial charge on any atom is -0.870 e. The fourth-order valence-corrected chi connectivity index (χ4v) is 3.16. The summed E-state index contributed by atoms with van der Waals surface area (Å²) in [6.45, 7) is 8.38. The molecule has 10 nitrogen and oxygen atoms in total. The van der Waals surface area contributed by atoms with Crippen LogP contribution < -0.4 is 24.2 Å². The topological polar surface area (TPSA) is 173 Å². The number of hydrogen-bond acceptors (Lipinski definition) is 7. The molecule has 0 unspecified atom stereocenters. The van der Waals surface area contributed by atoms with Crippen LogP contribution in [0.5, 0.6) is 0 Å². The van der Waals surface area contributed by atoms with Gasteiger partial charge in [-0.15, -0.1) is 0 Å². The van der Waals surface area contributed by atoms with Crippen molar-refractivity contribution >= 4 is 19.7 Å². The van der Waals surface area contributed by atoms with Crippen molar-refractivity contribution in [3.8, 4) is 0 Å². The molecule has 0 aliphatic rings. The number of carboxylic acids is 1. The molecule has 0 bridgehead atoms. The minimum absolute atomic E-state index is 0. The van der Waals surface area contributed by atoms with Crippen LogP contribution in [0.1, 0.15) is 34.6 Å². The van der Waals surface area contributed by atoms with Gasteiger partial charge in [0.25, 0.3) is 0 Å². The number of aliphatic carboxylic acids is 1. The molecule has 0 fully saturated rings. The Kier molecular flexibility index (Phi) is 17.8. The maximum atomic E-state index is 12.3. The summed E-state index contributed by atoms with van der Waals surface area (Å²) in [6, 6.07) is -1.43. The Balaban J connectivity index is -0.000000667. The molecule has 0 aliphatic carbocycles. The Morgan fingerprint density at radius 2 is 1.58 bits per heavy atom. The molecule has 0 heterocycles. The van der Waals surface area contributed by atoms with Crippen LogP contribution in [0, 0.1) is 0 Å². The number of carbonyl (C=O) groups is 2. The second kappa shape index (κ2) is 13.7. The van der Waals surface area contributed by atoms with Crippen LogP contribution in [-0.2, 0) is 23.1 Å². The third-order valence-corrected chi connectivity index (χ3v) is 4.16. The molecule has 0 rings (SSSR count). The first-order valence-corrected chi connectivity index (χ1v) is 8.36. The molecule has 0 radical (unpaired) electrons. The predicted octanol–water partition coefficient (Wildman–Crippen LogP) is -1.77. The Bertz CT molecular complexity index is 404. The van der Waals surface area contributed by atoms with E-state index in [2.05, 4.69) is 5.32 Å². The van der Waals surface area contributed by atoms with Crippen molar-refractivity contribution in [3.63, 3.8) is 0 Å². The zero-order chi connectivity index (χ0) is 16.7. The quantitative estimate of drug-likeness (QED) is 0.374. The van der Waals surface area contributed by atoms with Crippen molar-refractivity contribution in [1.29, 1.82) is 0 Å². The van der Waals surface area contributed by atoms with Crippen LogP contribution in [0.3, 0.4) is 0 Å². The average Bonchev–Trinajstić information content (AvgIpc) is 2.25. The molecule has 0 spiro atoms. The predicted molar refractivity (Wildman–Crippen MR) is 82.1 cm³/mol. The molecule has 0 saturated heterocycles. The molecule has 0 saturated carbocycles. The van der Waals surface area contributed by atoms with Crippen LogP contribution in [-0.4, -0.2) is 59.1 Å². The van der Waals surface area contributed by atoms with E-state index in [-0.39, 0.29) is 43.0 Å². The summed E-state index contributed by atoms with van der Waals surface area (Å²) < 4.78 is 27.3. The van der Waals surface area contributed by atoms with Gasteiger partial charge < -0.3 is 35.2 Å². The van der Waals surface area contributed by atoms with Gasteiger partial charge in [0.1, 0.15) is 11.6 Å². The van der Waals surface area contributed by atoms with E-state index in [4.69, 9.17) is 18.9 Å². The second-order valence-corrected chi connectivity index (χ2v) is 7.27. The van der Waals surface area contributed by atoms with Crippen LogP contribution in [0.25, 0.3) is 0 Å². The molecule has 1 amide bonds. The number of carboxylic acid groups (broad SMARTS) is 1. The van der Waals surface area contributed by atoms with Crippen molar-refractivity contribution < 1.29 is 62.9 Å². The van der Waals surface area contributed by atoms with Gasteiger partial charge in [0.15, 0.2) is 0 Å². The molecule has 140 valence electrons. The molecule has 0 aliphatic heterocycles.